The molecule has 1 unspecified atom stereocenters. The summed E-state index contributed by atoms with van der Waals surface area (Å²) < 4.78 is 2.29. The number of rotatable bonds is 3. The SMILES string of the molecule is OC1NCC2(CCCCC2)n2c1cc1cnc(Nc3ccc(N4CCNCC4)cn3)nc12. The highest BCUT2D eigenvalue weighted by molar-refractivity contribution is 5.79. The molecule has 6 rings (SSSR count). The summed E-state index contributed by atoms with van der Waals surface area (Å²) in [5, 5.41) is 21.5. The van der Waals surface area contributed by atoms with E-state index in [1.807, 2.05) is 24.5 Å². The van der Waals surface area contributed by atoms with Crippen molar-refractivity contribution in [2.75, 3.05) is 42.9 Å². The zero-order chi connectivity index (χ0) is 21.5. The van der Waals surface area contributed by atoms with Crippen molar-refractivity contribution in [3.05, 3.63) is 36.3 Å². The maximum atomic E-state index is 10.6. The molecule has 0 radical (unpaired) electrons. The van der Waals surface area contributed by atoms with Crippen molar-refractivity contribution in [3.63, 3.8) is 0 Å². The van der Waals surface area contributed by atoms with Gasteiger partial charge in [0.05, 0.1) is 23.1 Å². The molecular formula is C23H30N8O. The van der Waals surface area contributed by atoms with Crippen molar-refractivity contribution < 1.29 is 5.11 Å². The van der Waals surface area contributed by atoms with Crippen molar-refractivity contribution in [1.29, 1.82) is 0 Å². The van der Waals surface area contributed by atoms with Gasteiger partial charge in [-0.15, -0.1) is 0 Å². The number of nitrogens with zero attached hydrogens (tertiary/aromatic N) is 5. The number of pyridine rings is 1. The third-order valence-electron chi connectivity index (χ3n) is 7.20. The molecule has 2 fully saturated rings. The lowest BCUT2D eigenvalue weighted by molar-refractivity contribution is 0.0581. The van der Waals surface area contributed by atoms with Crippen LogP contribution >= 0.6 is 0 Å². The molecule has 3 aromatic rings. The van der Waals surface area contributed by atoms with Gasteiger partial charge in [-0.25, -0.2) is 9.97 Å². The minimum absolute atomic E-state index is 0.0244. The van der Waals surface area contributed by atoms with Gasteiger partial charge in [-0.05, 0) is 31.0 Å². The maximum Gasteiger partial charge on any atom is 0.230 e. The fraction of sp³-hybridized carbons (Fsp3) is 0.522. The van der Waals surface area contributed by atoms with Crippen molar-refractivity contribution in [2.45, 2.75) is 43.9 Å². The predicted molar refractivity (Wildman–Crippen MR) is 124 cm³/mol. The highest BCUT2D eigenvalue weighted by Gasteiger charge is 2.41. The number of hydrogen-bond donors (Lipinski definition) is 4. The minimum atomic E-state index is -0.674. The van der Waals surface area contributed by atoms with Crippen LogP contribution in [0.2, 0.25) is 0 Å². The molecule has 9 heteroatoms. The van der Waals surface area contributed by atoms with Gasteiger partial charge in [-0.2, -0.15) is 4.98 Å². The van der Waals surface area contributed by atoms with E-state index < -0.39 is 6.23 Å². The molecule has 3 aromatic heterocycles. The summed E-state index contributed by atoms with van der Waals surface area (Å²) >= 11 is 0. The smallest absolute Gasteiger partial charge is 0.230 e. The number of nitrogens with one attached hydrogen (secondary N) is 3. The maximum absolute atomic E-state index is 10.6. The van der Waals surface area contributed by atoms with Crippen LogP contribution in [-0.4, -0.2) is 57.3 Å². The van der Waals surface area contributed by atoms with E-state index in [0.717, 1.165) is 73.8 Å². The molecule has 168 valence electrons. The van der Waals surface area contributed by atoms with Crippen molar-refractivity contribution in [3.8, 4) is 0 Å². The number of aromatic nitrogens is 4. The average molecular weight is 435 g/mol. The van der Waals surface area contributed by atoms with Crippen LogP contribution in [0.1, 0.15) is 44.0 Å². The standard InChI is InChI=1S/C23H30N8O/c32-21-18-12-16-13-26-22(28-19-5-4-17(14-25-19)30-10-8-24-9-11-30)29-20(16)31(18)23(15-27-21)6-2-1-3-7-23/h4-5,12-14,21,24,27,32H,1-3,6-11,15H2,(H,25,26,28,29). The molecule has 1 spiro atoms. The molecule has 9 nitrogen and oxygen atoms in total. The number of fused-ring (bicyclic) bond motifs is 4. The minimum Gasteiger partial charge on any atom is -0.373 e. The zero-order valence-corrected chi connectivity index (χ0v) is 18.2. The van der Waals surface area contributed by atoms with Crippen LogP contribution in [-0.2, 0) is 5.54 Å². The van der Waals surface area contributed by atoms with Gasteiger partial charge in [0, 0.05) is 44.3 Å². The Balaban J connectivity index is 1.31. The Bertz CT molecular complexity index is 1100. The van der Waals surface area contributed by atoms with E-state index in [1.54, 1.807) is 0 Å². The molecule has 1 saturated heterocycles. The molecule has 0 bridgehead atoms. The van der Waals surface area contributed by atoms with Crippen molar-refractivity contribution in [1.82, 2.24) is 30.2 Å². The Labute approximate surface area is 187 Å². The summed E-state index contributed by atoms with van der Waals surface area (Å²) in [7, 11) is 0. The van der Waals surface area contributed by atoms with E-state index in [4.69, 9.17) is 4.98 Å². The lowest BCUT2D eigenvalue weighted by atomic mass is 9.80. The molecule has 0 amide bonds. The van der Waals surface area contributed by atoms with E-state index in [-0.39, 0.29) is 5.54 Å². The molecule has 2 aliphatic heterocycles. The number of aliphatic hydroxyl groups is 1. The van der Waals surface area contributed by atoms with Gasteiger partial charge < -0.3 is 25.2 Å². The van der Waals surface area contributed by atoms with Crippen LogP contribution < -0.4 is 20.9 Å². The van der Waals surface area contributed by atoms with Crippen LogP contribution in [0.15, 0.2) is 30.6 Å². The first-order valence-electron chi connectivity index (χ1n) is 11.7. The van der Waals surface area contributed by atoms with Gasteiger partial charge in [0.1, 0.15) is 17.7 Å². The van der Waals surface area contributed by atoms with Crippen molar-refractivity contribution in [2.24, 2.45) is 0 Å². The Morgan fingerprint density at radius 2 is 1.91 bits per heavy atom. The van der Waals surface area contributed by atoms with Crippen LogP contribution in [0.3, 0.4) is 0 Å². The molecule has 1 aliphatic carbocycles. The first-order chi connectivity index (χ1) is 15.7. The molecular weight excluding hydrogens is 404 g/mol. The lowest BCUT2D eigenvalue weighted by Gasteiger charge is -2.44. The second-order valence-electron chi connectivity index (χ2n) is 9.21. The van der Waals surface area contributed by atoms with Gasteiger partial charge in [-0.1, -0.05) is 19.3 Å². The average Bonchev–Trinajstić information content (AvgIpc) is 3.24. The molecule has 1 saturated carbocycles. The summed E-state index contributed by atoms with van der Waals surface area (Å²) in [4.78, 5) is 16.3. The fourth-order valence-corrected chi connectivity index (χ4v) is 5.53. The monoisotopic (exact) mass is 434 g/mol. The molecule has 32 heavy (non-hydrogen) atoms. The van der Waals surface area contributed by atoms with Crippen LogP contribution in [0, 0.1) is 0 Å². The van der Waals surface area contributed by atoms with Gasteiger partial charge >= 0.3 is 0 Å². The third kappa shape index (κ3) is 3.41. The normalized spacial score (nSPS) is 22.8. The predicted octanol–water partition coefficient (Wildman–Crippen LogP) is 2.23. The number of anilines is 3. The Morgan fingerprint density at radius 3 is 2.69 bits per heavy atom. The van der Waals surface area contributed by atoms with Crippen LogP contribution in [0.4, 0.5) is 17.5 Å². The van der Waals surface area contributed by atoms with Crippen LogP contribution in [0.5, 0.6) is 0 Å². The number of aliphatic hydroxyl groups excluding tert-OH is 1. The topological polar surface area (TPSA) is 103 Å². The second-order valence-corrected chi connectivity index (χ2v) is 9.21. The summed E-state index contributed by atoms with van der Waals surface area (Å²) in [5.74, 6) is 1.25. The van der Waals surface area contributed by atoms with Gasteiger partial charge in [-0.3, -0.25) is 5.32 Å². The number of piperazine rings is 1. The van der Waals surface area contributed by atoms with Gasteiger partial charge in [0.15, 0.2) is 0 Å². The molecule has 0 aromatic carbocycles. The molecule has 3 aliphatic rings. The third-order valence-corrected chi connectivity index (χ3v) is 7.20. The highest BCUT2D eigenvalue weighted by Crippen LogP contribution is 2.42. The quantitative estimate of drug-likeness (QED) is 0.498. The highest BCUT2D eigenvalue weighted by atomic mass is 16.3. The molecule has 4 N–H and O–H groups in total. The van der Waals surface area contributed by atoms with E-state index in [0.29, 0.717) is 5.95 Å². The molecule has 1 atom stereocenters. The second kappa shape index (κ2) is 7.99. The Hall–Kier alpha value is -2.75. The summed E-state index contributed by atoms with van der Waals surface area (Å²) in [6.45, 7) is 4.77. The first-order valence-corrected chi connectivity index (χ1v) is 11.7. The number of hydrogen-bond acceptors (Lipinski definition) is 8. The lowest BCUT2D eigenvalue weighted by Crippen LogP contribution is -2.51. The first kappa shape index (κ1) is 19.9. The Morgan fingerprint density at radius 1 is 1.06 bits per heavy atom. The van der Waals surface area contributed by atoms with Gasteiger partial charge in [0.2, 0.25) is 5.95 Å². The van der Waals surface area contributed by atoms with E-state index in [1.165, 1.54) is 19.3 Å². The van der Waals surface area contributed by atoms with E-state index >= 15 is 0 Å². The Kier molecular flexibility index (Phi) is 4.97. The summed E-state index contributed by atoms with van der Waals surface area (Å²) in [6.07, 6.45) is 8.96. The summed E-state index contributed by atoms with van der Waals surface area (Å²) in [5.41, 5.74) is 2.88. The molecule has 5 heterocycles. The van der Waals surface area contributed by atoms with E-state index in [9.17, 15) is 5.11 Å². The largest absolute Gasteiger partial charge is 0.373 e. The van der Waals surface area contributed by atoms with Gasteiger partial charge in [0.25, 0.3) is 0 Å². The van der Waals surface area contributed by atoms with Crippen LogP contribution in [0.25, 0.3) is 11.0 Å². The fourth-order valence-electron chi connectivity index (χ4n) is 5.53. The van der Waals surface area contributed by atoms with Crippen molar-refractivity contribution >= 4 is 28.5 Å². The zero-order valence-electron chi connectivity index (χ0n) is 18.2. The summed E-state index contributed by atoms with van der Waals surface area (Å²) in [6, 6.07) is 6.10. The van der Waals surface area contributed by atoms with E-state index in [2.05, 4.69) is 41.5 Å².